The summed E-state index contributed by atoms with van der Waals surface area (Å²) in [6.07, 6.45) is 0. The molecule has 0 unspecified atom stereocenters. The minimum absolute atomic E-state index is 0.0127. The molecule has 0 aliphatic heterocycles. The second kappa shape index (κ2) is 6.65. The lowest BCUT2D eigenvalue weighted by Crippen LogP contribution is -2.18. The van der Waals surface area contributed by atoms with Gasteiger partial charge in [0.15, 0.2) is 0 Å². The van der Waals surface area contributed by atoms with E-state index < -0.39 is 4.92 Å². The van der Waals surface area contributed by atoms with Crippen molar-refractivity contribution >= 4 is 17.3 Å². The summed E-state index contributed by atoms with van der Waals surface area (Å²) in [5.41, 5.74) is 1.45. The van der Waals surface area contributed by atoms with Crippen molar-refractivity contribution in [2.45, 2.75) is 19.5 Å². The molecule has 2 rings (SSSR count). The molecule has 0 bridgehead atoms. The second-order valence-corrected chi connectivity index (χ2v) is 5.12. The number of benzene rings is 2. The van der Waals surface area contributed by atoms with Gasteiger partial charge in [0.05, 0.1) is 4.92 Å². The van der Waals surface area contributed by atoms with E-state index in [0.29, 0.717) is 17.1 Å². The van der Waals surface area contributed by atoms with Gasteiger partial charge in [-0.05, 0) is 36.8 Å². The Hall–Kier alpha value is -1.98. The number of rotatable bonds is 5. The summed E-state index contributed by atoms with van der Waals surface area (Å²) in [5, 5.41) is 14.5. The van der Waals surface area contributed by atoms with Gasteiger partial charge in [-0.15, -0.1) is 0 Å². The monoisotopic (exact) mass is 308 g/mol. The number of nitro groups is 1. The Labute approximate surface area is 126 Å². The van der Waals surface area contributed by atoms with E-state index in [9.17, 15) is 14.5 Å². The largest absolute Gasteiger partial charge is 0.306 e. The van der Waals surface area contributed by atoms with Crippen LogP contribution in [0.3, 0.4) is 0 Å². The summed E-state index contributed by atoms with van der Waals surface area (Å²) in [6.45, 7) is 2.24. The van der Waals surface area contributed by atoms with Crippen molar-refractivity contribution in [2.75, 3.05) is 0 Å². The van der Waals surface area contributed by atoms with Gasteiger partial charge in [-0.3, -0.25) is 10.1 Å². The maximum absolute atomic E-state index is 12.9. The third-order valence-electron chi connectivity index (χ3n) is 3.21. The SMILES string of the molecule is C[C@@H](NCc1ccc(Cl)cc1[N+](=O)[O-])c1ccc(F)cc1. The lowest BCUT2D eigenvalue weighted by atomic mass is 10.1. The van der Waals surface area contributed by atoms with E-state index in [1.807, 2.05) is 6.92 Å². The van der Waals surface area contributed by atoms with Crippen LogP contribution in [-0.2, 0) is 6.54 Å². The molecule has 0 aromatic heterocycles. The lowest BCUT2D eigenvalue weighted by molar-refractivity contribution is -0.385. The predicted octanol–water partition coefficient (Wildman–Crippen LogP) is 4.24. The highest BCUT2D eigenvalue weighted by molar-refractivity contribution is 6.30. The van der Waals surface area contributed by atoms with Crippen molar-refractivity contribution in [3.8, 4) is 0 Å². The highest BCUT2D eigenvalue weighted by Crippen LogP contribution is 2.24. The first-order valence-electron chi connectivity index (χ1n) is 6.39. The third kappa shape index (κ3) is 4.00. The van der Waals surface area contributed by atoms with Crippen LogP contribution in [0.1, 0.15) is 24.1 Å². The van der Waals surface area contributed by atoms with Gasteiger partial charge in [0, 0.05) is 29.2 Å². The standard InChI is InChI=1S/C15H14ClFN2O2/c1-10(11-3-6-14(17)7-4-11)18-9-12-2-5-13(16)8-15(12)19(20)21/h2-8,10,18H,9H2,1H3/t10-/m1/s1. The van der Waals surface area contributed by atoms with E-state index in [2.05, 4.69) is 5.32 Å². The zero-order valence-electron chi connectivity index (χ0n) is 11.3. The molecule has 6 heteroatoms. The van der Waals surface area contributed by atoms with E-state index >= 15 is 0 Å². The molecule has 110 valence electrons. The molecule has 0 heterocycles. The molecular weight excluding hydrogens is 295 g/mol. The highest BCUT2D eigenvalue weighted by atomic mass is 35.5. The topological polar surface area (TPSA) is 55.2 Å². The van der Waals surface area contributed by atoms with Crippen LogP contribution in [0.15, 0.2) is 42.5 Å². The number of nitrogens with one attached hydrogen (secondary N) is 1. The minimum Gasteiger partial charge on any atom is -0.306 e. The van der Waals surface area contributed by atoms with E-state index in [4.69, 9.17) is 11.6 Å². The Kier molecular flexibility index (Phi) is 4.88. The molecule has 0 fully saturated rings. The van der Waals surface area contributed by atoms with E-state index in [1.165, 1.54) is 18.2 Å². The van der Waals surface area contributed by atoms with Crippen molar-refractivity contribution in [3.63, 3.8) is 0 Å². The van der Waals surface area contributed by atoms with Crippen LogP contribution in [0.4, 0.5) is 10.1 Å². The quantitative estimate of drug-likeness (QED) is 0.664. The molecule has 0 spiro atoms. The predicted molar refractivity (Wildman–Crippen MR) is 79.8 cm³/mol. The number of hydrogen-bond acceptors (Lipinski definition) is 3. The van der Waals surface area contributed by atoms with Gasteiger partial charge >= 0.3 is 0 Å². The van der Waals surface area contributed by atoms with Gasteiger partial charge < -0.3 is 5.32 Å². The summed E-state index contributed by atoms with van der Waals surface area (Å²) < 4.78 is 12.9. The smallest absolute Gasteiger partial charge is 0.275 e. The zero-order chi connectivity index (χ0) is 15.4. The van der Waals surface area contributed by atoms with Gasteiger partial charge in [-0.2, -0.15) is 0 Å². The molecule has 1 atom stereocenters. The molecule has 4 nitrogen and oxygen atoms in total. The first-order valence-corrected chi connectivity index (χ1v) is 6.77. The maximum Gasteiger partial charge on any atom is 0.275 e. The fourth-order valence-electron chi connectivity index (χ4n) is 1.99. The Morgan fingerprint density at radius 3 is 2.57 bits per heavy atom. The number of nitro benzene ring substituents is 1. The summed E-state index contributed by atoms with van der Waals surface area (Å²) in [4.78, 5) is 10.6. The van der Waals surface area contributed by atoms with Crippen LogP contribution in [0.5, 0.6) is 0 Å². The molecule has 0 aliphatic carbocycles. The Balaban J connectivity index is 2.09. The van der Waals surface area contributed by atoms with E-state index in [1.54, 1.807) is 24.3 Å². The number of nitrogens with zero attached hydrogens (tertiary/aromatic N) is 1. The van der Waals surface area contributed by atoms with Crippen molar-refractivity contribution in [3.05, 3.63) is 74.5 Å². The molecule has 2 aromatic carbocycles. The van der Waals surface area contributed by atoms with Gasteiger partial charge in [-0.25, -0.2) is 4.39 Å². The van der Waals surface area contributed by atoms with E-state index in [-0.39, 0.29) is 17.5 Å². The van der Waals surface area contributed by atoms with Crippen LogP contribution < -0.4 is 5.32 Å². The van der Waals surface area contributed by atoms with Crippen molar-refractivity contribution in [1.82, 2.24) is 5.32 Å². The molecule has 1 N–H and O–H groups in total. The fraction of sp³-hybridized carbons (Fsp3) is 0.200. The first kappa shape index (κ1) is 15.4. The van der Waals surface area contributed by atoms with Crippen LogP contribution >= 0.6 is 11.6 Å². The molecule has 0 saturated heterocycles. The summed E-state index contributed by atoms with van der Waals surface area (Å²) >= 11 is 5.77. The maximum atomic E-state index is 12.9. The van der Waals surface area contributed by atoms with Gasteiger partial charge in [0.25, 0.3) is 5.69 Å². The molecule has 21 heavy (non-hydrogen) atoms. The molecule has 2 aromatic rings. The highest BCUT2D eigenvalue weighted by Gasteiger charge is 2.15. The number of hydrogen-bond donors (Lipinski definition) is 1. The zero-order valence-corrected chi connectivity index (χ0v) is 12.1. The summed E-state index contributed by atoms with van der Waals surface area (Å²) in [6, 6.07) is 10.7. The molecule has 0 radical (unpaired) electrons. The van der Waals surface area contributed by atoms with Gasteiger partial charge in [0.1, 0.15) is 5.82 Å². The van der Waals surface area contributed by atoms with Crippen molar-refractivity contribution < 1.29 is 9.31 Å². The molecule has 0 amide bonds. The summed E-state index contributed by atoms with van der Waals surface area (Å²) in [5.74, 6) is -0.292. The summed E-state index contributed by atoms with van der Waals surface area (Å²) in [7, 11) is 0. The van der Waals surface area contributed by atoms with E-state index in [0.717, 1.165) is 5.56 Å². The Morgan fingerprint density at radius 2 is 1.95 bits per heavy atom. The Morgan fingerprint density at radius 1 is 1.29 bits per heavy atom. The van der Waals surface area contributed by atoms with Gasteiger partial charge in [0.2, 0.25) is 0 Å². The fourth-order valence-corrected chi connectivity index (χ4v) is 2.16. The van der Waals surface area contributed by atoms with Gasteiger partial charge in [-0.1, -0.05) is 23.7 Å². The van der Waals surface area contributed by atoms with Crippen LogP contribution in [-0.4, -0.2) is 4.92 Å². The molecular formula is C15H14ClFN2O2. The first-order chi connectivity index (χ1) is 9.97. The Bertz CT molecular complexity index is 647. The average molecular weight is 309 g/mol. The number of halogens is 2. The van der Waals surface area contributed by atoms with Crippen LogP contribution in [0.25, 0.3) is 0 Å². The normalized spacial score (nSPS) is 12.1. The third-order valence-corrected chi connectivity index (χ3v) is 3.45. The van der Waals surface area contributed by atoms with Crippen LogP contribution in [0, 0.1) is 15.9 Å². The minimum atomic E-state index is -0.453. The van der Waals surface area contributed by atoms with Crippen LogP contribution in [0.2, 0.25) is 5.02 Å². The average Bonchev–Trinajstić information content (AvgIpc) is 2.46. The second-order valence-electron chi connectivity index (χ2n) is 4.68. The van der Waals surface area contributed by atoms with Crippen molar-refractivity contribution in [2.24, 2.45) is 0 Å². The molecule has 0 saturated carbocycles. The van der Waals surface area contributed by atoms with Crippen molar-refractivity contribution in [1.29, 1.82) is 0 Å². The lowest BCUT2D eigenvalue weighted by Gasteiger charge is -2.14. The molecule has 0 aliphatic rings.